The fourth-order valence-corrected chi connectivity index (χ4v) is 9.75. The zero-order valence-electron chi connectivity index (χ0n) is 30.4. The first-order valence-electron chi connectivity index (χ1n) is 19.0. The molecule has 12 aromatic rings. The van der Waals surface area contributed by atoms with Crippen molar-refractivity contribution in [3.8, 4) is 51.0 Å². The molecule has 0 radical (unpaired) electrons. The largest absolute Gasteiger partial charge is 0.455 e. The minimum atomic E-state index is 0.615. The smallest absolute Gasteiger partial charge is 0.164 e. The number of para-hydroxylation sites is 3. The van der Waals surface area contributed by atoms with Crippen LogP contribution in [0.2, 0.25) is 0 Å². The summed E-state index contributed by atoms with van der Waals surface area (Å²) in [5.41, 5.74) is 10.3. The number of fused-ring (bicyclic) bond motifs is 9. The van der Waals surface area contributed by atoms with Gasteiger partial charge in [-0.15, -0.1) is 11.3 Å². The van der Waals surface area contributed by atoms with Crippen molar-refractivity contribution in [3.63, 3.8) is 0 Å². The Kier molecular flexibility index (Phi) is 7.03. The number of thiophene rings is 1. The van der Waals surface area contributed by atoms with Crippen LogP contribution in [0.4, 0.5) is 0 Å². The van der Waals surface area contributed by atoms with Crippen molar-refractivity contribution < 1.29 is 4.42 Å². The Hall–Kier alpha value is -7.41. The van der Waals surface area contributed by atoms with Gasteiger partial charge in [-0.05, 0) is 42.5 Å². The van der Waals surface area contributed by atoms with Gasteiger partial charge in [-0.1, -0.05) is 140 Å². The standard InChI is InChI=1S/C51H30N4OS/c1-3-14-31(15-4-1)49-52-50(32-16-5-2-6-17-32)54-51(53-49)33-28-29-44-40(30-33)37-21-11-20-36(47(37)56-44)38-22-12-23-39-46-43(26-13-27-45(46)57-48(38)39)55-41-24-9-7-18-34(41)35-19-8-10-25-42(35)55/h1-30H. The lowest BCUT2D eigenvalue weighted by Crippen LogP contribution is -2.00. The Morgan fingerprint density at radius 2 is 0.982 bits per heavy atom. The number of aromatic nitrogens is 4. The van der Waals surface area contributed by atoms with E-state index in [1.807, 2.05) is 84.1 Å². The van der Waals surface area contributed by atoms with Crippen LogP contribution in [0.1, 0.15) is 0 Å². The topological polar surface area (TPSA) is 56.7 Å². The molecule has 0 saturated carbocycles. The lowest BCUT2D eigenvalue weighted by molar-refractivity contribution is 0.670. The molecule has 4 heterocycles. The van der Waals surface area contributed by atoms with Gasteiger partial charge in [0, 0.05) is 69.5 Å². The average Bonchev–Trinajstić information content (AvgIpc) is 3.96. The quantitative estimate of drug-likeness (QED) is 0.176. The van der Waals surface area contributed by atoms with Gasteiger partial charge in [0.1, 0.15) is 11.2 Å². The van der Waals surface area contributed by atoms with E-state index in [4.69, 9.17) is 19.4 Å². The molecule has 0 N–H and O–H groups in total. The molecule has 0 aliphatic carbocycles. The zero-order valence-corrected chi connectivity index (χ0v) is 31.2. The fourth-order valence-electron chi connectivity index (χ4n) is 8.50. The molecule has 266 valence electrons. The highest BCUT2D eigenvalue weighted by Crippen LogP contribution is 2.46. The monoisotopic (exact) mass is 746 g/mol. The van der Waals surface area contributed by atoms with Crippen molar-refractivity contribution in [1.82, 2.24) is 19.5 Å². The van der Waals surface area contributed by atoms with Gasteiger partial charge in [0.15, 0.2) is 17.5 Å². The van der Waals surface area contributed by atoms with Gasteiger partial charge in [0.2, 0.25) is 0 Å². The summed E-state index contributed by atoms with van der Waals surface area (Å²) in [6.07, 6.45) is 0. The maximum absolute atomic E-state index is 6.76. The third-order valence-corrected chi connectivity index (χ3v) is 12.3. The number of hydrogen-bond acceptors (Lipinski definition) is 5. The first kappa shape index (κ1) is 31.9. The van der Waals surface area contributed by atoms with Gasteiger partial charge in [-0.3, -0.25) is 0 Å². The summed E-state index contributed by atoms with van der Waals surface area (Å²) in [6, 6.07) is 63.7. The van der Waals surface area contributed by atoms with E-state index >= 15 is 0 Å². The minimum absolute atomic E-state index is 0.615. The molecule has 12 rings (SSSR count). The Morgan fingerprint density at radius 3 is 1.67 bits per heavy atom. The van der Waals surface area contributed by atoms with Crippen molar-refractivity contribution in [2.24, 2.45) is 0 Å². The molecule has 5 nitrogen and oxygen atoms in total. The van der Waals surface area contributed by atoms with Gasteiger partial charge in [0.05, 0.1) is 16.7 Å². The Balaban J connectivity index is 1.03. The summed E-state index contributed by atoms with van der Waals surface area (Å²) in [6.45, 7) is 0. The van der Waals surface area contributed by atoms with E-state index < -0.39 is 0 Å². The van der Waals surface area contributed by atoms with Crippen LogP contribution in [0.3, 0.4) is 0 Å². The number of benzene rings is 8. The first-order chi connectivity index (χ1) is 28.3. The molecule has 8 aromatic carbocycles. The van der Waals surface area contributed by atoms with Crippen LogP contribution < -0.4 is 0 Å². The summed E-state index contributed by atoms with van der Waals surface area (Å²) >= 11 is 1.84. The third kappa shape index (κ3) is 4.98. The maximum Gasteiger partial charge on any atom is 0.164 e. The molecule has 0 bridgehead atoms. The number of nitrogens with zero attached hydrogens (tertiary/aromatic N) is 4. The molecule has 6 heteroatoms. The van der Waals surface area contributed by atoms with Gasteiger partial charge in [0.25, 0.3) is 0 Å². The third-order valence-electron chi connectivity index (χ3n) is 11.1. The number of hydrogen-bond donors (Lipinski definition) is 0. The average molecular weight is 747 g/mol. The van der Waals surface area contributed by atoms with E-state index in [0.29, 0.717) is 17.5 Å². The highest BCUT2D eigenvalue weighted by Gasteiger charge is 2.21. The summed E-state index contributed by atoms with van der Waals surface area (Å²) < 4.78 is 11.7. The molecule has 0 aliphatic heterocycles. The van der Waals surface area contributed by atoms with Gasteiger partial charge < -0.3 is 8.98 Å². The molecule has 0 spiro atoms. The maximum atomic E-state index is 6.76. The van der Waals surface area contributed by atoms with Crippen molar-refractivity contribution >= 4 is 75.3 Å². The van der Waals surface area contributed by atoms with Gasteiger partial charge in [-0.2, -0.15) is 0 Å². The number of rotatable bonds is 5. The molecule has 57 heavy (non-hydrogen) atoms. The summed E-state index contributed by atoms with van der Waals surface area (Å²) in [4.78, 5) is 14.9. The van der Waals surface area contributed by atoms with Crippen LogP contribution in [0.25, 0.3) is 115 Å². The van der Waals surface area contributed by atoms with Crippen LogP contribution in [-0.2, 0) is 0 Å². The van der Waals surface area contributed by atoms with Crippen molar-refractivity contribution in [3.05, 3.63) is 182 Å². The molecule has 4 aromatic heterocycles. The van der Waals surface area contributed by atoms with E-state index in [9.17, 15) is 0 Å². The fraction of sp³-hybridized carbons (Fsp3) is 0. The Morgan fingerprint density at radius 1 is 0.421 bits per heavy atom. The zero-order chi connectivity index (χ0) is 37.5. The highest BCUT2D eigenvalue weighted by atomic mass is 32.1. The lowest BCUT2D eigenvalue weighted by atomic mass is 9.99. The molecule has 0 atom stereocenters. The van der Waals surface area contributed by atoms with E-state index in [1.165, 1.54) is 47.7 Å². The lowest BCUT2D eigenvalue weighted by Gasteiger charge is -2.10. The predicted octanol–water partition coefficient (Wildman–Crippen LogP) is 13.9. The predicted molar refractivity (Wildman–Crippen MR) is 236 cm³/mol. The second-order valence-electron chi connectivity index (χ2n) is 14.3. The van der Waals surface area contributed by atoms with E-state index in [2.05, 4.69) is 114 Å². The van der Waals surface area contributed by atoms with Crippen LogP contribution >= 0.6 is 11.3 Å². The molecular weight excluding hydrogens is 717 g/mol. The van der Waals surface area contributed by atoms with E-state index in [0.717, 1.165) is 49.8 Å². The Bertz CT molecular complexity index is 3420. The minimum Gasteiger partial charge on any atom is -0.455 e. The van der Waals surface area contributed by atoms with Crippen molar-refractivity contribution in [1.29, 1.82) is 0 Å². The molecule has 0 fully saturated rings. The summed E-state index contributed by atoms with van der Waals surface area (Å²) in [7, 11) is 0. The van der Waals surface area contributed by atoms with Crippen molar-refractivity contribution in [2.75, 3.05) is 0 Å². The van der Waals surface area contributed by atoms with Gasteiger partial charge in [-0.25, -0.2) is 15.0 Å². The first-order valence-corrected chi connectivity index (χ1v) is 19.8. The number of furan rings is 1. The van der Waals surface area contributed by atoms with Crippen LogP contribution in [0.5, 0.6) is 0 Å². The molecule has 0 saturated heterocycles. The SMILES string of the molecule is c1ccc(-c2nc(-c3ccccc3)nc(-c3ccc4oc5c(-c6cccc7c6sc6cccc(-n8c9ccccc9c9ccccc98)c67)cccc5c4c3)n2)cc1. The molecule has 0 amide bonds. The normalized spacial score (nSPS) is 11.9. The van der Waals surface area contributed by atoms with Crippen LogP contribution in [0, 0.1) is 0 Å². The second-order valence-corrected chi connectivity index (χ2v) is 15.4. The molecule has 0 aliphatic rings. The van der Waals surface area contributed by atoms with Crippen LogP contribution in [-0.4, -0.2) is 19.5 Å². The van der Waals surface area contributed by atoms with Crippen molar-refractivity contribution in [2.45, 2.75) is 0 Å². The summed E-state index contributed by atoms with van der Waals surface area (Å²) in [5, 5.41) is 7.08. The molecule has 0 unspecified atom stereocenters. The highest BCUT2D eigenvalue weighted by molar-refractivity contribution is 7.26. The van der Waals surface area contributed by atoms with E-state index in [1.54, 1.807) is 0 Å². The van der Waals surface area contributed by atoms with Gasteiger partial charge >= 0.3 is 0 Å². The van der Waals surface area contributed by atoms with E-state index in [-0.39, 0.29) is 0 Å². The Labute approximate surface area is 330 Å². The second kappa shape index (κ2) is 12.6. The van der Waals surface area contributed by atoms with Crippen LogP contribution in [0.15, 0.2) is 186 Å². The molecular formula is C51H30N4OS. The summed E-state index contributed by atoms with van der Waals surface area (Å²) in [5.74, 6) is 1.89.